The van der Waals surface area contributed by atoms with Crippen LogP contribution in [0, 0.1) is 0 Å². The van der Waals surface area contributed by atoms with Crippen molar-refractivity contribution in [3.8, 4) is 0 Å². The molecule has 0 aromatic carbocycles. The fourth-order valence-electron chi connectivity index (χ4n) is 1.65. The summed E-state index contributed by atoms with van der Waals surface area (Å²) in [6.45, 7) is 4.35. The van der Waals surface area contributed by atoms with Crippen LogP contribution in [0.3, 0.4) is 0 Å². The lowest BCUT2D eigenvalue weighted by Crippen LogP contribution is -1.78. The second-order valence-corrected chi connectivity index (χ2v) is 4.19. The SMILES string of the molecule is C/C=C/C/C=C/CCCCCCCCC. The van der Waals surface area contributed by atoms with Crippen molar-refractivity contribution in [2.45, 2.75) is 71.6 Å². The van der Waals surface area contributed by atoms with E-state index in [2.05, 4.69) is 38.2 Å². The summed E-state index contributed by atoms with van der Waals surface area (Å²) in [7, 11) is 0. The Morgan fingerprint density at radius 3 is 2.07 bits per heavy atom. The van der Waals surface area contributed by atoms with Gasteiger partial charge in [0.05, 0.1) is 0 Å². The highest BCUT2D eigenvalue weighted by Crippen LogP contribution is 2.08. The molecule has 0 heteroatoms. The van der Waals surface area contributed by atoms with Crippen LogP contribution < -0.4 is 0 Å². The molecule has 0 aromatic rings. The van der Waals surface area contributed by atoms with Gasteiger partial charge in [-0.2, -0.15) is 0 Å². The smallest absolute Gasteiger partial charge is 0.0169 e. The van der Waals surface area contributed by atoms with Crippen LogP contribution in [0.2, 0.25) is 0 Å². The number of hydrogen-bond donors (Lipinski definition) is 0. The summed E-state index contributed by atoms with van der Waals surface area (Å²) in [5.74, 6) is 0. The zero-order valence-electron chi connectivity index (χ0n) is 10.7. The minimum absolute atomic E-state index is 1.10. The van der Waals surface area contributed by atoms with Crippen molar-refractivity contribution in [3.05, 3.63) is 24.3 Å². The molecule has 88 valence electrons. The summed E-state index contributed by atoms with van der Waals surface area (Å²) < 4.78 is 0. The van der Waals surface area contributed by atoms with Gasteiger partial charge in [-0.15, -0.1) is 0 Å². The lowest BCUT2D eigenvalue weighted by Gasteiger charge is -1.98. The van der Waals surface area contributed by atoms with Crippen molar-refractivity contribution >= 4 is 0 Å². The van der Waals surface area contributed by atoms with Crippen LogP contribution in [0.1, 0.15) is 71.6 Å². The zero-order valence-corrected chi connectivity index (χ0v) is 10.7. The normalized spacial score (nSPS) is 11.9. The van der Waals surface area contributed by atoms with Crippen molar-refractivity contribution in [3.63, 3.8) is 0 Å². The van der Waals surface area contributed by atoms with E-state index in [1.807, 2.05) is 0 Å². The first kappa shape index (κ1) is 14.5. The van der Waals surface area contributed by atoms with Crippen LogP contribution in [0.5, 0.6) is 0 Å². The molecule has 0 radical (unpaired) electrons. The molecule has 0 aromatic heterocycles. The maximum Gasteiger partial charge on any atom is -0.0169 e. The molecule has 0 aliphatic heterocycles. The molecule has 0 N–H and O–H groups in total. The topological polar surface area (TPSA) is 0 Å². The summed E-state index contributed by atoms with van der Waals surface area (Å²) in [4.78, 5) is 0. The average molecular weight is 208 g/mol. The van der Waals surface area contributed by atoms with Crippen molar-refractivity contribution in [1.29, 1.82) is 0 Å². The predicted molar refractivity (Wildman–Crippen MR) is 71.2 cm³/mol. The third kappa shape index (κ3) is 13.5. The molecular formula is C15H28. The number of hydrogen-bond acceptors (Lipinski definition) is 0. The van der Waals surface area contributed by atoms with Gasteiger partial charge in [-0.1, -0.05) is 69.8 Å². The Balaban J connectivity index is 3.01. The van der Waals surface area contributed by atoms with Gasteiger partial charge in [-0.05, 0) is 26.2 Å². The first-order valence-corrected chi connectivity index (χ1v) is 6.68. The van der Waals surface area contributed by atoms with Crippen LogP contribution in [0.15, 0.2) is 24.3 Å². The fraction of sp³-hybridized carbons (Fsp3) is 0.733. The highest BCUT2D eigenvalue weighted by molar-refractivity contribution is 4.91. The van der Waals surface area contributed by atoms with Crippen LogP contribution >= 0.6 is 0 Å². The molecule has 0 bridgehead atoms. The van der Waals surface area contributed by atoms with E-state index in [1.54, 1.807) is 0 Å². The Morgan fingerprint density at radius 2 is 1.40 bits per heavy atom. The average Bonchev–Trinajstić information content (AvgIpc) is 2.26. The predicted octanol–water partition coefficient (Wildman–Crippen LogP) is 5.65. The van der Waals surface area contributed by atoms with Crippen LogP contribution in [-0.2, 0) is 0 Å². The third-order valence-electron chi connectivity index (χ3n) is 2.65. The molecule has 0 nitrogen and oxygen atoms in total. The molecule has 0 unspecified atom stereocenters. The van der Waals surface area contributed by atoms with Gasteiger partial charge >= 0.3 is 0 Å². The molecule has 0 rings (SSSR count). The number of rotatable bonds is 10. The highest BCUT2D eigenvalue weighted by Gasteiger charge is 1.88. The lowest BCUT2D eigenvalue weighted by molar-refractivity contribution is 0.592. The van der Waals surface area contributed by atoms with Gasteiger partial charge in [0.2, 0.25) is 0 Å². The maximum atomic E-state index is 2.33. The van der Waals surface area contributed by atoms with Gasteiger partial charge < -0.3 is 0 Å². The van der Waals surface area contributed by atoms with Crippen molar-refractivity contribution < 1.29 is 0 Å². The van der Waals surface area contributed by atoms with Crippen LogP contribution in [0.4, 0.5) is 0 Å². The summed E-state index contributed by atoms with van der Waals surface area (Å²) in [5.41, 5.74) is 0. The highest BCUT2D eigenvalue weighted by atomic mass is 13.9. The summed E-state index contributed by atoms with van der Waals surface area (Å²) in [6, 6.07) is 0. The molecule has 0 aliphatic carbocycles. The summed E-state index contributed by atoms with van der Waals surface area (Å²) in [5, 5.41) is 0. The Kier molecular flexibility index (Phi) is 13.0. The second kappa shape index (κ2) is 13.5. The van der Waals surface area contributed by atoms with Gasteiger partial charge in [0.1, 0.15) is 0 Å². The molecule has 15 heavy (non-hydrogen) atoms. The maximum absolute atomic E-state index is 2.33. The monoisotopic (exact) mass is 208 g/mol. The van der Waals surface area contributed by atoms with E-state index in [0.29, 0.717) is 0 Å². The molecule has 0 heterocycles. The van der Waals surface area contributed by atoms with E-state index in [4.69, 9.17) is 0 Å². The second-order valence-electron chi connectivity index (χ2n) is 4.19. The number of allylic oxidation sites excluding steroid dienone is 4. The van der Waals surface area contributed by atoms with E-state index < -0.39 is 0 Å². The zero-order chi connectivity index (χ0) is 11.2. The quantitative estimate of drug-likeness (QED) is 0.321. The van der Waals surface area contributed by atoms with Gasteiger partial charge in [0.25, 0.3) is 0 Å². The third-order valence-corrected chi connectivity index (χ3v) is 2.65. The van der Waals surface area contributed by atoms with Gasteiger partial charge in [0.15, 0.2) is 0 Å². The Bertz CT molecular complexity index is 153. The number of unbranched alkanes of at least 4 members (excludes halogenated alkanes) is 7. The lowest BCUT2D eigenvalue weighted by atomic mass is 10.1. The summed E-state index contributed by atoms with van der Waals surface area (Å²) >= 11 is 0. The van der Waals surface area contributed by atoms with Crippen molar-refractivity contribution in [2.75, 3.05) is 0 Å². The van der Waals surface area contributed by atoms with E-state index in [1.165, 1.54) is 51.4 Å². The van der Waals surface area contributed by atoms with Gasteiger partial charge in [-0.25, -0.2) is 0 Å². The first-order valence-electron chi connectivity index (χ1n) is 6.68. The van der Waals surface area contributed by atoms with Gasteiger partial charge in [-0.3, -0.25) is 0 Å². The standard InChI is InChI=1S/C15H28/c1-3-5-7-9-11-13-15-14-12-10-8-6-4-2/h3,5,9,11H,4,6-8,10,12-15H2,1-2H3/b5-3+,11-9+. The van der Waals surface area contributed by atoms with E-state index >= 15 is 0 Å². The minimum Gasteiger partial charge on any atom is -0.0914 e. The molecule has 0 spiro atoms. The largest absolute Gasteiger partial charge is 0.0914 e. The molecule has 0 saturated carbocycles. The van der Waals surface area contributed by atoms with Crippen molar-refractivity contribution in [1.82, 2.24) is 0 Å². The first-order chi connectivity index (χ1) is 7.41. The van der Waals surface area contributed by atoms with Crippen molar-refractivity contribution in [2.24, 2.45) is 0 Å². The fourth-order valence-corrected chi connectivity index (χ4v) is 1.65. The molecular weight excluding hydrogens is 180 g/mol. The molecule has 0 aliphatic rings. The van der Waals surface area contributed by atoms with E-state index in [0.717, 1.165) is 6.42 Å². The van der Waals surface area contributed by atoms with E-state index in [9.17, 15) is 0 Å². The van der Waals surface area contributed by atoms with E-state index in [-0.39, 0.29) is 0 Å². The molecule has 0 amide bonds. The Hall–Kier alpha value is -0.520. The molecule has 0 fully saturated rings. The Labute approximate surface area is 96.5 Å². The van der Waals surface area contributed by atoms with Gasteiger partial charge in [0, 0.05) is 0 Å². The van der Waals surface area contributed by atoms with Crippen LogP contribution in [-0.4, -0.2) is 0 Å². The molecule has 0 saturated heterocycles. The van der Waals surface area contributed by atoms with Crippen LogP contribution in [0.25, 0.3) is 0 Å². The summed E-state index contributed by atoms with van der Waals surface area (Å²) in [6.07, 6.45) is 21.2. The minimum atomic E-state index is 1.10. The molecule has 0 atom stereocenters. The Morgan fingerprint density at radius 1 is 0.733 bits per heavy atom.